The Hall–Kier alpha value is 0.0969. The second kappa shape index (κ2) is 14.1. The van der Waals surface area contributed by atoms with Gasteiger partial charge in [0.15, 0.2) is 9.76 Å². The normalized spacial score (nSPS) is 11.6. The van der Waals surface area contributed by atoms with Gasteiger partial charge in [-0.15, -0.1) is 0 Å². The van der Waals surface area contributed by atoms with Gasteiger partial charge in [-0.25, -0.2) is 0 Å². The number of nitrogens with two attached hydrogens (primary N) is 1. The SMILES string of the molecule is CCO[SiH2]CCCNCCCCCCN. The van der Waals surface area contributed by atoms with Gasteiger partial charge in [0.2, 0.25) is 0 Å². The average Bonchev–Trinajstić information content (AvgIpc) is 2.26. The third-order valence-electron chi connectivity index (χ3n) is 2.40. The van der Waals surface area contributed by atoms with E-state index in [1.54, 1.807) is 0 Å². The van der Waals surface area contributed by atoms with Crippen molar-refractivity contribution in [3.63, 3.8) is 0 Å². The minimum Gasteiger partial charge on any atom is -0.424 e. The van der Waals surface area contributed by atoms with E-state index in [1.807, 2.05) is 0 Å². The van der Waals surface area contributed by atoms with E-state index in [1.165, 1.54) is 44.7 Å². The molecule has 0 atom stereocenters. The van der Waals surface area contributed by atoms with E-state index in [-0.39, 0.29) is 9.76 Å². The van der Waals surface area contributed by atoms with Gasteiger partial charge in [0.25, 0.3) is 0 Å². The van der Waals surface area contributed by atoms with Crippen molar-refractivity contribution >= 4 is 9.76 Å². The third kappa shape index (κ3) is 14.1. The van der Waals surface area contributed by atoms with Crippen LogP contribution >= 0.6 is 0 Å². The number of hydrogen-bond acceptors (Lipinski definition) is 3. The maximum absolute atomic E-state index is 5.43. The minimum atomic E-state index is -0.193. The molecule has 0 fully saturated rings. The van der Waals surface area contributed by atoms with Gasteiger partial charge in [-0.3, -0.25) is 0 Å². The topological polar surface area (TPSA) is 47.3 Å². The summed E-state index contributed by atoms with van der Waals surface area (Å²) in [6.45, 7) is 6.15. The second-order valence-corrected chi connectivity index (χ2v) is 5.38. The summed E-state index contributed by atoms with van der Waals surface area (Å²) in [4.78, 5) is 0. The van der Waals surface area contributed by atoms with Crippen LogP contribution < -0.4 is 11.1 Å². The highest BCUT2D eigenvalue weighted by Crippen LogP contribution is 1.97. The highest BCUT2D eigenvalue weighted by Gasteiger charge is 1.91. The fourth-order valence-electron chi connectivity index (χ4n) is 1.47. The molecule has 0 aliphatic carbocycles. The summed E-state index contributed by atoms with van der Waals surface area (Å²) in [5.41, 5.74) is 5.43. The molecule has 0 aromatic heterocycles. The van der Waals surface area contributed by atoms with Crippen LogP contribution in [0.4, 0.5) is 0 Å². The van der Waals surface area contributed by atoms with Crippen molar-refractivity contribution in [3.8, 4) is 0 Å². The molecule has 0 radical (unpaired) electrons. The van der Waals surface area contributed by atoms with Crippen LogP contribution in [0.2, 0.25) is 6.04 Å². The fourth-order valence-corrected chi connectivity index (χ4v) is 2.42. The predicted octanol–water partition coefficient (Wildman–Crippen LogP) is 1.02. The van der Waals surface area contributed by atoms with E-state index < -0.39 is 0 Å². The van der Waals surface area contributed by atoms with Crippen LogP contribution in [-0.2, 0) is 4.43 Å². The summed E-state index contributed by atoms with van der Waals surface area (Å²) in [6.07, 6.45) is 6.37. The first kappa shape index (κ1) is 15.1. The summed E-state index contributed by atoms with van der Waals surface area (Å²) in [6, 6.07) is 1.31. The third-order valence-corrected chi connectivity index (χ3v) is 3.89. The Morgan fingerprint density at radius 1 is 1.07 bits per heavy atom. The smallest absolute Gasteiger partial charge is 0.161 e. The second-order valence-electron chi connectivity index (χ2n) is 3.86. The van der Waals surface area contributed by atoms with E-state index in [0.717, 1.165) is 19.7 Å². The molecule has 0 aliphatic heterocycles. The molecule has 0 heterocycles. The molecule has 0 unspecified atom stereocenters. The lowest BCUT2D eigenvalue weighted by atomic mass is 10.2. The van der Waals surface area contributed by atoms with Crippen molar-refractivity contribution in [2.75, 3.05) is 26.2 Å². The monoisotopic (exact) mass is 232 g/mol. The summed E-state index contributed by atoms with van der Waals surface area (Å²) >= 11 is 0. The molecule has 0 rings (SSSR count). The van der Waals surface area contributed by atoms with E-state index in [2.05, 4.69) is 12.2 Å². The standard InChI is InChI=1S/C11H28N2OSi/c1-2-14-15-11-7-10-13-9-6-4-3-5-8-12/h13H,2-12,15H2,1H3. The van der Waals surface area contributed by atoms with Crippen LogP contribution in [0.3, 0.4) is 0 Å². The predicted molar refractivity (Wildman–Crippen MR) is 70.0 cm³/mol. The van der Waals surface area contributed by atoms with Gasteiger partial charge in [-0.1, -0.05) is 12.8 Å². The first-order chi connectivity index (χ1) is 7.41. The first-order valence-corrected chi connectivity index (χ1v) is 7.98. The zero-order valence-electron chi connectivity index (χ0n) is 10.3. The number of nitrogens with one attached hydrogen (secondary N) is 1. The van der Waals surface area contributed by atoms with Gasteiger partial charge in [-0.05, 0) is 51.9 Å². The van der Waals surface area contributed by atoms with Gasteiger partial charge >= 0.3 is 0 Å². The molecule has 92 valence electrons. The molecule has 3 N–H and O–H groups in total. The lowest BCUT2D eigenvalue weighted by Crippen LogP contribution is -2.17. The van der Waals surface area contributed by atoms with E-state index in [0.29, 0.717) is 0 Å². The van der Waals surface area contributed by atoms with Crippen molar-refractivity contribution in [1.82, 2.24) is 5.32 Å². The lowest BCUT2D eigenvalue weighted by Gasteiger charge is -2.04. The maximum atomic E-state index is 5.43. The van der Waals surface area contributed by atoms with Gasteiger partial charge in [0.1, 0.15) is 0 Å². The van der Waals surface area contributed by atoms with Crippen LogP contribution in [0.5, 0.6) is 0 Å². The van der Waals surface area contributed by atoms with Crippen LogP contribution in [0.25, 0.3) is 0 Å². The van der Waals surface area contributed by atoms with Gasteiger partial charge in [-0.2, -0.15) is 0 Å². The van der Waals surface area contributed by atoms with Crippen LogP contribution in [-0.4, -0.2) is 36.0 Å². The van der Waals surface area contributed by atoms with Gasteiger partial charge in [0, 0.05) is 6.61 Å². The average molecular weight is 232 g/mol. The number of rotatable bonds is 12. The highest BCUT2D eigenvalue weighted by atomic mass is 28.2. The number of unbranched alkanes of at least 4 members (excludes halogenated alkanes) is 3. The quantitative estimate of drug-likeness (QED) is 0.390. The Bertz CT molecular complexity index is 103. The molecule has 0 saturated carbocycles. The minimum absolute atomic E-state index is 0.193. The first-order valence-electron chi connectivity index (χ1n) is 6.40. The van der Waals surface area contributed by atoms with Crippen molar-refractivity contribution in [1.29, 1.82) is 0 Å². The zero-order valence-corrected chi connectivity index (χ0v) is 11.7. The van der Waals surface area contributed by atoms with E-state index >= 15 is 0 Å². The number of hydrogen-bond donors (Lipinski definition) is 2. The summed E-state index contributed by atoms with van der Waals surface area (Å²) in [7, 11) is -0.193. The molecule has 0 aromatic rings. The van der Waals surface area contributed by atoms with Crippen LogP contribution in [0.15, 0.2) is 0 Å². The fraction of sp³-hybridized carbons (Fsp3) is 1.00. The van der Waals surface area contributed by atoms with Crippen molar-refractivity contribution in [2.45, 2.75) is 45.1 Å². The Morgan fingerprint density at radius 3 is 2.53 bits per heavy atom. The molecule has 0 bridgehead atoms. The van der Waals surface area contributed by atoms with Crippen molar-refractivity contribution in [3.05, 3.63) is 0 Å². The molecular weight excluding hydrogens is 204 g/mol. The molecule has 0 spiro atoms. The highest BCUT2D eigenvalue weighted by molar-refractivity contribution is 6.26. The molecule has 0 saturated heterocycles. The van der Waals surface area contributed by atoms with Crippen molar-refractivity contribution in [2.24, 2.45) is 5.73 Å². The van der Waals surface area contributed by atoms with Gasteiger partial charge < -0.3 is 15.5 Å². The molecule has 0 aromatic carbocycles. The lowest BCUT2D eigenvalue weighted by molar-refractivity contribution is 0.359. The van der Waals surface area contributed by atoms with E-state index in [4.69, 9.17) is 10.2 Å². The Labute approximate surface area is 97.1 Å². The maximum Gasteiger partial charge on any atom is 0.161 e. The van der Waals surface area contributed by atoms with Crippen LogP contribution in [0, 0.1) is 0 Å². The van der Waals surface area contributed by atoms with Crippen LogP contribution in [0.1, 0.15) is 39.0 Å². The Kier molecular flexibility index (Phi) is 14.2. The molecule has 4 heteroatoms. The molecule has 0 amide bonds. The molecule has 15 heavy (non-hydrogen) atoms. The van der Waals surface area contributed by atoms with Gasteiger partial charge in [0.05, 0.1) is 0 Å². The largest absolute Gasteiger partial charge is 0.424 e. The molecule has 0 aliphatic rings. The summed E-state index contributed by atoms with van der Waals surface area (Å²) < 4.78 is 5.40. The molecule has 3 nitrogen and oxygen atoms in total. The Balaban J connectivity index is 2.81. The summed E-state index contributed by atoms with van der Waals surface area (Å²) in [5, 5.41) is 3.47. The van der Waals surface area contributed by atoms with E-state index in [9.17, 15) is 0 Å². The molecular formula is C11H28N2OSi. The zero-order chi connectivity index (χ0) is 11.2. The summed E-state index contributed by atoms with van der Waals surface area (Å²) in [5.74, 6) is 0. The van der Waals surface area contributed by atoms with Crippen molar-refractivity contribution < 1.29 is 4.43 Å². The Morgan fingerprint density at radius 2 is 1.80 bits per heavy atom.